The van der Waals surface area contributed by atoms with E-state index in [0.717, 1.165) is 42.3 Å². The van der Waals surface area contributed by atoms with Crippen molar-refractivity contribution in [1.29, 1.82) is 0 Å². The van der Waals surface area contributed by atoms with E-state index >= 15 is 0 Å². The predicted octanol–water partition coefficient (Wildman–Crippen LogP) is 2.88. The SMILES string of the molecule is Nc1nc(Nc2ccc(OCCN3CCCC3)cc2)nn1-c1nccc(C(F)(F)F)n1. The minimum Gasteiger partial charge on any atom is -0.492 e. The fourth-order valence-corrected chi connectivity index (χ4v) is 3.20. The first-order valence-corrected chi connectivity index (χ1v) is 9.74. The highest BCUT2D eigenvalue weighted by molar-refractivity contribution is 5.55. The van der Waals surface area contributed by atoms with Crippen molar-refractivity contribution in [3.8, 4) is 11.7 Å². The van der Waals surface area contributed by atoms with Crippen LogP contribution in [0.5, 0.6) is 5.75 Å². The van der Waals surface area contributed by atoms with Gasteiger partial charge in [-0.1, -0.05) is 0 Å². The molecule has 0 spiro atoms. The van der Waals surface area contributed by atoms with E-state index in [9.17, 15) is 13.2 Å². The number of nitrogen functional groups attached to an aromatic ring is 1. The molecular weight excluding hydrogens is 413 g/mol. The lowest BCUT2D eigenvalue weighted by molar-refractivity contribution is -0.141. The number of halogens is 3. The quantitative estimate of drug-likeness (QED) is 0.585. The standard InChI is InChI=1S/C19H21F3N8O/c20-19(21,22)15-7-8-24-18(26-15)30-16(23)27-17(28-30)25-13-3-5-14(6-4-13)31-12-11-29-9-1-2-10-29/h3-8H,1-2,9-12H2,(H3,23,25,27,28). The van der Waals surface area contributed by atoms with Crippen LogP contribution in [-0.2, 0) is 6.18 Å². The van der Waals surface area contributed by atoms with Crippen molar-refractivity contribution >= 4 is 17.6 Å². The summed E-state index contributed by atoms with van der Waals surface area (Å²) < 4.78 is 45.3. The lowest BCUT2D eigenvalue weighted by Gasteiger charge is -2.15. The summed E-state index contributed by atoms with van der Waals surface area (Å²) in [5.41, 5.74) is 5.35. The number of aromatic nitrogens is 5. The van der Waals surface area contributed by atoms with Crippen molar-refractivity contribution < 1.29 is 17.9 Å². The topological polar surface area (TPSA) is 107 Å². The summed E-state index contributed by atoms with van der Waals surface area (Å²) in [6.07, 6.45) is -1.13. The predicted molar refractivity (Wildman–Crippen MR) is 107 cm³/mol. The molecule has 1 aliphatic rings. The molecule has 0 saturated carbocycles. The van der Waals surface area contributed by atoms with Gasteiger partial charge in [0.1, 0.15) is 18.1 Å². The highest BCUT2D eigenvalue weighted by atomic mass is 19.4. The van der Waals surface area contributed by atoms with Crippen LogP contribution >= 0.6 is 0 Å². The molecule has 1 fully saturated rings. The third kappa shape index (κ3) is 5.20. The zero-order chi connectivity index (χ0) is 21.8. The molecule has 0 unspecified atom stereocenters. The van der Waals surface area contributed by atoms with Gasteiger partial charge in [0.25, 0.3) is 5.95 Å². The van der Waals surface area contributed by atoms with Gasteiger partial charge in [0, 0.05) is 18.4 Å². The molecule has 0 radical (unpaired) electrons. The number of anilines is 3. The number of rotatable bonds is 7. The van der Waals surface area contributed by atoms with Crippen molar-refractivity contribution in [2.24, 2.45) is 0 Å². The third-order valence-corrected chi connectivity index (χ3v) is 4.74. The van der Waals surface area contributed by atoms with Crippen molar-refractivity contribution in [3.05, 3.63) is 42.2 Å². The first-order valence-electron chi connectivity index (χ1n) is 9.74. The Balaban J connectivity index is 1.39. The zero-order valence-corrected chi connectivity index (χ0v) is 16.5. The summed E-state index contributed by atoms with van der Waals surface area (Å²) in [5, 5.41) is 7.00. The zero-order valence-electron chi connectivity index (χ0n) is 16.5. The second-order valence-corrected chi connectivity index (χ2v) is 6.99. The number of nitrogens with zero attached hydrogens (tertiary/aromatic N) is 6. The van der Waals surface area contributed by atoms with Crippen LogP contribution < -0.4 is 15.8 Å². The molecule has 1 aromatic carbocycles. The van der Waals surface area contributed by atoms with Gasteiger partial charge in [-0.25, -0.2) is 9.97 Å². The normalized spacial score (nSPS) is 14.7. The third-order valence-electron chi connectivity index (χ3n) is 4.74. The minimum absolute atomic E-state index is 0.0983. The monoisotopic (exact) mass is 434 g/mol. The Morgan fingerprint density at radius 2 is 1.81 bits per heavy atom. The smallest absolute Gasteiger partial charge is 0.433 e. The Morgan fingerprint density at radius 3 is 2.52 bits per heavy atom. The maximum absolute atomic E-state index is 12.9. The molecule has 164 valence electrons. The summed E-state index contributed by atoms with van der Waals surface area (Å²) in [5.74, 6) is 0.361. The Morgan fingerprint density at radius 1 is 1.06 bits per heavy atom. The molecule has 3 heterocycles. The molecule has 0 amide bonds. The van der Waals surface area contributed by atoms with Crippen LogP contribution in [0.4, 0.5) is 30.8 Å². The summed E-state index contributed by atoms with van der Waals surface area (Å²) >= 11 is 0. The van der Waals surface area contributed by atoms with Crippen molar-refractivity contribution in [2.45, 2.75) is 19.0 Å². The number of ether oxygens (including phenoxy) is 1. The van der Waals surface area contributed by atoms with E-state index in [-0.39, 0.29) is 17.8 Å². The lowest BCUT2D eigenvalue weighted by Crippen LogP contribution is -2.25. The summed E-state index contributed by atoms with van der Waals surface area (Å²) in [6, 6.07) is 7.95. The van der Waals surface area contributed by atoms with Crippen LogP contribution in [0.1, 0.15) is 18.5 Å². The van der Waals surface area contributed by atoms with Gasteiger partial charge in [-0.2, -0.15) is 22.8 Å². The van der Waals surface area contributed by atoms with Crippen LogP contribution in [-0.4, -0.2) is 55.9 Å². The maximum atomic E-state index is 12.9. The Kier molecular flexibility index (Phi) is 5.89. The fraction of sp³-hybridized carbons (Fsp3) is 0.368. The van der Waals surface area contributed by atoms with Crippen LogP contribution in [0.2, 0.25) is 0 Å². The first kappa shape index (κ1) is 20.8. The summed E-state index contributed by atoms with van der Waals surface area (Å²) in [7, 11) is 0. The van der Waals surface area contributed by atoms with Gasteiger partial charge in [0.2, 0.25) is 11.9 Å². The second kappa shape index (κ2) is 8.76. The average molecular weight is 434 g/mol. The maximum Gasteiger partial charge on any atom is 0.433 e. The van der Waals surface area contributed by atoms with E-state index < -0.39 is 11.9 Å². The Hall–Kier alpha value is -3.41. The molecule has 4 rings (SSSR count). The largest absolute Gasteiger partial charge is 0.492 e. The molecule has 12 heteroatoms. The molecule has 2 aromatic heterocycles. The number of hydrogen-bond donors (Lipinski definition) is 2. The molecule has 1 aliphatic heterocycles. The van der Waals surface area contributed by atoms with Crippen molar-refractivity contribution in [3.63, 3.8) is 0 Å². The molecule has 1 saturated heterocycles. The molecule has 9 nitrogen and oxygen atoms in total. The van der Waals surface area contributed by atoms with Gasteiger partial charge in [-0.15, -0.1) is 5.10 Å². The Labute approximate surface area is 176 Å². The van der Waals surface area contributed by atoms with Gasteiger partial charge >= 0.3 is 6.18 Å². The van der Waals surface area contributed by atoms with Crippen LogP contribution in [0.3, 0.4) is 0 Å². The van der Waals surface area contributed by atoms with Crippen molar-refractivity contribution in [1.82, 2.24) is 29.6 Å². The van der Waals surface area contributed by atoms with Gasteiger partial charge in [0.15, 0.2) is 0 Å². The van der Waals surface area contributed by atoms with Gasteiger partial charge < -0.3 is 15.8 Å². The van der Waals surface area contributed by atoms with Gasteiger partial charge in [-0.3, -0.25) is 4.90 Å². The number of hydrogen-bond acceptors (Lipinski definition) is 8. The van der Waals surface area contributed by atoms with E-state index in [1.165, 1.54) is 12.8 Å². The molecule has 0 atom stereocenters. The van der Waals surface area contributed by atoms with E-state index in [2.05, 4.69) is 30.3 Å². The van der Waals surface area contributed by atoms with Gasteiger partial charge in [-0.05, 0) is 56.3 Å². The molecule has 0 aliphatic carbocycles. The number of nitrogens with two attached hydrogens (primary N) is 1. The minimum atomic E-state index is -4.60. The lowest BCUT2D eigenvalue weighted by atomic mass is 10.3. The average Bonchev–Trinajstić information content (AvgIpc) is 3.38. The molecular formula is C19H21F3N8O. The highest BCUT2D eigenvalue weighted by Crippen LogP contribution is 2.27. The summed E-state index contributed by atoms with van der Waals surface area (Å²) in [4.78, 5) is 13.6. The van der Waals surface area contributed by atoms with E-state index in [4.69, 9.17) is 10.5 Å². The van der Waals surface area contributed by atoms with Crippen LogP contribution in [0.15, 0.2) is 36.5 Å². The number of benzene rings is 1. The van der Waals surface area contributed by atoms with Crippen molar-refractivity contribution in [2.75, 3.05) is 37.3 Å². The van der Waals surface area contributed by atoms with Crippen LogP contribution in [0.25, 0.3) is 5.95 Å². The number of alkyl halides is 3. The molecule has 3 N–H and O–H groups in total. The van der Waals surface area contributed by atoms with Gasteiger partial charge in [0.05, 0.1) is 0 Å². The fourth-order valence-electron chi connectivity index (χ4n) is 3.20. The molecule has 0 bridgehead atoms. The van der Waals surface area contributed by atoms with E-state index in [1.54, 1.807) is 12.1 Å². The number of likely N-dealkylation sites (tertiary alicyclic amines) is 1. The molecule has 31 heavy (non-hydrogen) atoms. The molecule has 3 aromatic rings. The number of nitrogens with one attached hydrogen (secondary N) is 1. The first-order chi connectivity index (χ1) is 14.9. The summed E-state index contributed by atoms with van der Waals surface area (Å²) in [6.45, 7) is 3.77. The highest BCUT2D eigenvalue weighted by Gasteiger charge is 2.33. The Bertz CT molecular complexity index is 1020. The van der Waals surface area contributed by atoms with Crippen LogP contribution in [0, 0.1) is 0 Å². The second-order valence-electron chi connectivity index (χ2n) is 6.99. The van der Waals surface area contributed by atoms with E-state index in [1.807, 2.05) is 12.1 Å². The van der Waals surface area contributed by atoms with E-state index in [0.29, 0.717) is 12.3 Å².